The minimum Gasteiger partial charge on any atom is -0.384 e. The number of nitrogens with zero attached hydrogens (tertiary/aromatic N) is 3. The van der Waals surface area contributed by atoms with Crippen molar-refractivity contribution < 1.29 is 0 Å². The van der Waals surface area contributed by atoms with Gasteiger partial charge in [-0.25, -0.2) is 9.67 Å². The van der Waals surface area contributed by atoms with Gasteiger partial charge in [-0.05, 0) is 26.0 Å². The zero-order valence-corrected chi connectivity index (χ0v) is 8.64. The summed E-state index contributed by atoms with van der Waals surface area (Å²) in [4.78, 5) is 15.9. The maximum absolute atomic E-state index is 11.9. The number of aromatic nitrogens is 3. The van der Waals surface area contributed by atoms with Crippen molar-refractivity contribution in [1.82, 2.24) is 14.8 Å². The number of anilines is 1. The van der Waals surface area contributed by atoms with Crippen LogP contribution >= 0.6 is 0 Å². The predicted molar refractivity (Wildman–Crippen MR) is 58.6 cm³/mol. The van der Waals surface area contributed by atoms with E-state index >= 15 is 0 Å². The van der Waals surface area contributed by atoms with E-state index in [1.54, 1.807) is 18.3 Å². The van der Waals surface area contributed by atoms with Crippen LogP contribution in [0.4, 0.5) is 5.82 Å². The lowest BCUT2D eigenvalue weighted by atomic mass is 10.3. The summed E-state index contributed by atoms with van der Waals surface area (Å²) < 4.78 is 1.43. The SMILES string of the molecule is CC(C)n1ncc2nc(N)ccc2c1=O. The number of pyridine rings is 1. The minimum absolute atomic E-state index is 0.0412. The van der Waals surface area contributed by atoms with E-state index in [4.69, 9.17) is 5.73 Å². The summed E-state index contributed by atoms with van der Waals surface area (Å²) in [5.41, 5.74) is 5.93. The van der Waals surface area contributed by atoms with Gasteiger partial charge in [-0.3, -0.25) is 4.79 Å². The summed E-state index contributed by atoms with van der Waals surface area (Å²) in [5, 5.41) is 4.58. The molecule has 0 atom stereocenters. The van der Waals surface area contributed by atoms with Crippen LogP contribution in [0.1, 0.15) is 19.9 Å². The Labute approximate surface area is 86.5 Å². The molecule has 0 unspecified atom stereocenters. The van der Waals surface area contributed by atoms with E-state index in [1.807, 2.05) is 13.8 Å². The minimum atomic E-state index is -0.130. The topological polar surface area (TPSA) is 73.8 Å². The molecule has 2 aromatic rings. The lowest BCUT2D eigenvalue weighted by Crippen LogP contribution is -2.24. The highest BCUT2D eigenvalue weighted by molar-refractivity contribution is 5.77. The molecule has 0 aliphatic heterocycles. The van der Waals surface area contributed by atoms with E-state index in [0.29, 0.717) is 16.7 Å². The van der Waals surface area contributed by atoms with E-state index in [9.17, 15) is 4.79 Å². The molecule has 2 N–H and O–H groups in total. The molecule has 0 saturated heterocycles. The van der Waals surface area contributed by atoms with E-state index in [0.717, 1.165) is 0 Å². The summed E-state index contributed by atoms with van der Waals surface area (Å²) in [6, 6.07) is 3.34. The molecule has 2 aromatic heterocycles. The Kier molecular flexibility index (Phi) is 2.15. The number of nitrogen functional groups attached to an aromatic ring is 1. The van der Waals surface area contributed by atoms with Crippen molar-refractivity contribution in [1.29, 1.82) is 0 Å². The highest BCUT2D eigenvalue weighted by Crippen LogP contribution is 2.09. The van der Waals surface area contributed by atoms with Crippen molar-refractivity contribution >= 4 is 16.7 Å². The van der Waals surface area contributed by atoms with E-state index in [-0.39, 0.29) is 11.6 Å². The van der Waals surface area contributed by atoms with Crippen molar-refractivity contribution in [2.24, 2.45) is 0 Å². The molecule has 0 saturated carbocycles. The lowest BCUT2D eigenvalue weighted by molar-refractivity contribution is 0.507. The van der Waals surface area contributed by atoms with Crippen molar-refractivity contribution in [3.05, 3.63) is 28.7 Å². The van der Waals surface area contributed by atoms with E-state index in [2.05, 4.69) is 10.1 Å². The normalized spacial score (nSPS) is 11.1. The second-order valence-electron chi connectivity index (χ2n) is 3.66. The lowest BCUT2D eigenvalue weighted by Gasteiger charge is -2.08. The summed E-state index contributed by atoms with van der Waals surface area (Å²) in [5.74, 6) is 0.394. The zero-order chi connectivity index (χ0) is 11.0. The van der Waals surface area contributed by atoms with Gasteiger partial charge < -0.3 is 5.73 Å². The molecule has 5 heteroatoms. The molecular weight excluding hydrogens is 192 g/mol. The van der Waals surface area contributed by atoms with Gasteiger partial charge in [0.1, 0.15) is 5.82 Å². The molecular formula is C10H12N4O. The van der Waals surface area contributed by atoms with Gasteiger partial charge in [-0.2, -0.15) is 5.10 Å². The molecule has 78 valence electrons. The summed E-state index contributed by atoms with van der Waals surface area (Å²) in [6.45, 7) is 3.82. The van der Waals surface area contributed by atoms with E-state index < -0.39 is 0 Å². The largest absolute Gasteiger partial charge is 0.384 e. The number of rotatable bonds is 1. The number of hydrogen-bond donors (Lipinski definition) is 1. The zero-order valence-electron chi connectivity index (χ0n) is 8.64. The van der Waals surface area contributed by atoms with Crippen molar-refractivity contribution in [2.45, 2.75) is 19.9 Å². The van der Waals surface area contributed by atoms with Crippen LogP contribution in [0.25, 0.3) is 10.9 Å². The highest BCUT2D eigenvalue weighted by Gasteiger charge is 2.07. The second-order valence-corrected chi connectivity index (χ2v) is 3.66. The van der Waals surface area contributed by atoms with Crippen LogP contribution in [0, 0.1) is 0 Å². The first-order valence-corrected chi connectivity index (χ1v) is 4.73. The molecule has 0 aliphatic rings. The number of nitrogens with two attached hydrogens (primary N) is 1. The first-order chi connectivity index (χ1) is 7.09. The Hall–Kier alpha value is -1.91. The summed E-state index contributed by atoms with van der Waals surface area (Å²) >= 11 is 0. The fraction of sp³-hybridized carbons (Fsp3) is 0.300. The highest BCUT2D eigenvalue weighted by atomic mass is 16.1. The summed E-state index contributed by atoms with van der Waals surface area (Å²) in [6.07, 6.45) is 1.56. The van der Waals surface area contributed by atoms with Gasteiger partial charge in [0.15, 0.2) is 0 Å². The maximum Gasteiger partial charge on any atom is 0.276 e. The maximum atomic E-state index is 11.9. The number of fused-ring (bicyclic) bond motifs is 1. The molecule has 2 heterocycles. The average Bonchev–Trinajstić information content (AvgIpc) is 2.17. The Balaban J connectivity index is 2.80. The van der Waals surface area contributed by atoms with Crippen LogP contribution in [-0.2, 0) is 0 Å². The van der Waals surface area contributed by atoms with Gasteiger partial charge in [-0.15, -0.1) is 0 Å². The van der Waals surface area contributed by atoms with Crippen LogP contribution in [0.15, 0.2) is 23.1 Å². The van der Waals surface area contributed by atoms with Crippen LogP contribution in [0.2, 0.25) is 0 Å². The third-order valence-corrected chi connectivity index (χ3v) is 2.18. The Morgan fingerprint density at radius 3 is 2.80 bits per heavy atom. The Morgan fingerprint density at radius 1 is 1.40 bits per heavy atom. The monoisotopic (exact) mass is 204 g/mol. The molecule has 0 radical (unpaired) electrons. The molecule has 0 fully saturated rings. The first kappa shape index (κ1) is 9.64. The molecule has 0 aliphatic carbocycles. The quantitative estimate of drug-likeness (QED) is 0.750. The molecule has 0 spiro atoms. The van der Waals surface area contributed by atoms with Gasteiger partial charge in [0.2, 0.25) is 0 Å². The average molecular weight is 204 g/mol. The van der Waals surface area contributed by atoms with Crippen LogP contribution in [0.5, 0.6) is 0 Å². The van der Waals surface area contributed by atoms with Gasteiger partial charge in [-0.1, -0.05) is 0 Å². The van der Waals surface area contributed by atoms with Crippen molar-refractivity contribution in [2.75, 3.05) is 5.73 Å². The van der Waals surface area contributed by atoms with E-state index in [1.165, 1.54) is 4.68 Å². The molecule has 15 heavy (non-hydrogen) atoms. The van der Waals surface area contributed by atoms with Crippen LogP contribution in [-0.4, -0.2) is 14.8 Å². The standard InChI is InChI=1S/C10H12N4O/c1-6(2)14-10(15)7-3-4-9(11)13-8(7)5-12-14/h3-6H,1-2H3,(H2,11,13). The smallest absolute Gasteiger partial charge is 0.276 e. The van der Waals surface area contributed by atoms with Gasteiger partial charge in [0.05, 0.1) is 23.1 Å². The fourth-order valence-electron chi connectivity index (χ4n) is 1.43. The fourth-order valence-corrected chi connectivity index (χ4v) is 1.43. The molecule has 2 rings (SSSR count). The van der Waals surface area contributed by atoms with Crippen molar-refractivity contribution in [3.8, 4) is 0 Å². The Bertz CT molecular complexity index is 559. The van der Waals surface area contributed by atoms with Crippen molar-refractivity contribution in [3.63, 3.8) is 0 Å². The predicted octanol–water partition coefficient (Wildman–Crippen LogP) is 0.955. The van der Waals surface area contributed by atoms with Gasteiger partial charge in [0, 0.05) is 0 Å². The molecule has 0 amide bonds. The summed E-state index contributed by atoms with van der Waals surface area (Å²) in [7, 11) is 0. The number of hydrogen-bond acceptors (Lipinski definition) is 4. The first-order valence-electron chi connectivity index (χ1n) is 4.73. The van der Waals surface area contributed by atoms with Gasteiger partial charge in [0.25, 0.3) is 5.56 Å². The van der Waals surface area contributed by atoms with Gasteiger partial charge >= 0.3 is 0 Å². The van der Waals surface area contributed by atoms with Crippen LogP contribution < -0.4 is 11.3 Å². The third kappa shape index (κ3) is 1.56. The molecule has 5 nitrogen and oxygen atoms in total. The second kappa shape index (κ2) is 3.34. The molecule has 0 bridgehead atoms. The van der Waals surface area contributed by atoms with Crippen LogP contribution in [0.3, 0.4) is 0 Å². The molecule has 0 aromatic carbocycles. The Morgan fingerprint density at radius 2 is 2.13 bits per heavy atom. The third-order valence-electron chi connectivity index (χ3n) is 2.18.